The Kier molecular flexibility index (Phi) is 10.5. The van der Waals surface area contributed by atoms with E-state index in [1.54, 1.807) is 0 Å². The van der Waals surface area contributed by atoms with Crippen LogP contribution >= 0.6 is 0 Å². The number of allylic oxidation sites excluding steroid dienone is 1. The zero-order valence-corrected chi connectivity index (χ0v) is 44.6. The minimum atomic E-state index is 0.961. The smallest absolute Gasteiger partial charge is 0.0742 e. The fraction of sp³-hybridized carbons (Fsp3) is 0.0526. The van der Waals surface area contributed by atoms with Gasteiger partial charge in [0.1, 0.15) is 0 Å². The summed E-state index contributed by atoms with van der Waals surface area (Å²) in [5, 5.41) is 15.0. The average Bonchev–Trinajstić information content (AvgIpc) is 4.11. The number of anilines is 6. The Morgan fingerprint density at radius 2 is 0.675 bits per heavy atom. The normalized spacial score (nSPS) is 12.5. The van der Waals surface area contributed by atoms with Crippen LogP contribution in [0.1, 0.15) is 17.5 Å². The van der Waals surface area contributed by atoms with Crippen LogP contribution < -0.4 is 9.80 Å². The van der Waals surface area contributed by atoms with E-state index in [9.17, 15) is 0 Å². The fourth-order valence-electron chi connectivity index (χ4n) is 13.9. The number of hydrogen-bond donors (Lipinski definition) is 0. The van der Waals surface area contributed by atoms with Gasteiger partial charge in [0, 0.05) is 91.1 Å². The molecule has 0 bridgehead atoms. The number of para-hydroxylation sites is 4. The Hall–Kier alpha value is -10.2. The molecule has 4 heteroatoms. The molecular weight excluding hydrogens is 969 g/mol. The highest BCUT2D eigenvalue weighted by Gasteiger charge is 2.28. The van der Waals surface area contributed by atoms with E-state index in [1.807, 2.05) is 0 Å². The van der Waals surface area contributed by atoms with Gasteiger partial charge in [-0.2, -0.15) is 0 Å². The summed E-state index contributed by atoms with van der Waals surface area (Å²) in [5.41, 5.74) is 19.5. The molecular formula is C76H54N4. The molecule has 2 aromatic heterocycles. The minimum absolute atomic E-state index is 0.961. The number of hydrogen-bond acceptors (Lipinski definition) is 2. The molecule has 4 nitrogen and oxygen atoms in total. The van der Waals surface area contributed by atoms with Crippen LogP contribution in [0.4, 0.5) is 34.1 Å². The zero-order valence-electron chi connectivity index (χ0n) is 44.6. The van der Waals surface area contributed by atoms with E-state index >= 15 is 0 Å². The predicted octanol–water partition coefficient (Wildman–Crippen LogP) is 20.8. The Bertz CT molecular complexity index is 4880. The van der Waals surface area contributed by atoms with Crippen molar-refractivity contribution in [3.63, 3.8) is 0 Å². The zero-order chi connectivity index (χ0) is 53.0. The van der Waals surface area contributed by atoms with Gasteiger partial charge >= 0.3 is 0 Å². The SMILES string of the molecule is Cn1c2cc(-c3c4c(c(N(c5ccccc5)c5ccccc5)c5ccccc35)C=CCC4)ccc2c2c3ccccc3c3c4ccc(-c5c6ccccc6c(N(c6ccccc6)c6ccccc6)c6ccccc56)cc4n(C)c3c21. The third-order valence-corrected chi connectivity index (χ3v) is 17.3. The summed E-state index contributed by atoms with van der Waals surface area (Å²) in [6.45, 7) is 0. The Morgan fingerprint density at radius 1 is 0.325 bits per heavy atom. The highest BCUT2D eigenvalue weighted by molar-refractivity contribution is 6.36. The molecule has 0 saturated heterocycles. The van der Waals surface area contributed by atoms with Crippen molar-refractivity contribution in [2.45, 2.75) is 12.8 Å². The van der Waals surface area contributed by atoms with Crippen molar-refractivity contribution >= 4 is 127 Å². The van der Waals surface area contributed by atoms with Crippen molar-refractivity contribution in [3.8, 4) is 22.3 Å². The standard InChI is InChI=1S/C76H54N4/c1-77-67-47-49(69-57-35-17-21-39-61(57)73(62-40-22-18-36-58(62)69)79(51-25-7-3-8-26-51)52-27-9-4-10-28-52)43-45-65(67)71-55-33-15-16-34-56(55)72-66-46-44-50(48-68(66)78(2)76(72)75(71)77)70-59-37-19-23-41-63(59)74(64-42-24-20-38-60(64)70)80(53-29-11-5-12-30-53)54-31-13-6-14-32-54/h3-19,21-37,39-48H,20,38H2,1-2H3. The molecule has 0 N–H and O–H groups in total. The summed E-state index contributed by atoms with van der Waals surface area (Å²) in [4.78, 5) is 4.89. The van der Waals surface area contributed by atoms with Crippen molar-refractivity contribution in [1.29, 1.82) is 0 Å². The molecule has 13 aromatic carbocycles. The quantitative estimate of drug-likeness (QED) is 0.141. The van der Waals surface area contributed by atoms with Gasteiger partial charge in [0.05, 0.1) is 22.4 Å². The monoisotopic (exact) mass is 1020 g/mol. The molecule has 0 radical (unpaired) electrons. The molecule has 0 spiro atoms. The molecule has 80 heavy (non-hydrogen) atoms. The van der Waals surface area contributed by atoms with Crippen molar-refractivity contribution in [3.05, 3.63) is 272 Å². The summed E-state index contributed by atoms with van der Waals surface area (Å²) >= 11 is 0. The highest BCUT2D eigenvalue weighted by atomic mass is 15.2. The Morgan fingerprint density at radius 3 is 1.11 bits per heavy atom. The van der Waals surface area contributed by atoms with Crippen molar-refractivity contribution < 1.29 is 0 Å². The second kappa shape index (κ2) is 18.2. The number of aryl methyl sites for hydroxylation is 2. The van der Waals surface area contributed by atoms with Crippen LogP contribution in [0.5, 0.6) is 0 Å². The van der Waals surface area contributed by atoms with Crippen LogP contribution in [0.2, 0.25) is 0 Å². The van der Waals surface area contributed by atoms with Gasteiger partial charge in [-0.15, -0.1) is 0 Å². The molecule has 378 valence electrons. The summed E-state index contributed by atoms with van der Waals surface area (Å²) < 4.78 is 4.97. The second-order valence-electron chi connectivity index (χ2n) is 21.5. The maximum Gasteiger partial charge on any atom is 0.0742 e. The first-order valence-corrected chi connectivity index (χ1v) is 27.9. The lowest BCUT2D eigenvalue weighted by molar-refractivity contribution is 0.985. The maximum absolute atomic E-state index is 2.49. The van der Waals surface area contributed by atoms with Crippen molar-refractivity contribution in [2.75, 3.05) is 9.80 Å². The minimum Gasteiger partial charge on any atom is -0.342 e. The van der Waals surface area contributed by atoms with Crippen LogP contribution in [0.15, 0.2) is 261 Å². The average molecular weight is 1020 g/mol. The molecule has 1 aliphatic carbocycles. The lowest BCUT2D eigenvalue weighted by Crippen LogP contribution is -2.14. The number of nitrogens with zero attached hydrogens (tertiary/aromatic N) is 4. The first-order valence-electron chi connectivity index (χ1n) is 27.9. The molecule has 0 atom stereocenters. The topological polar surface area (TPSA) is 16.3 Å². The van der Waals surface area contributed by atoms with Crippen LogP contribution in [-0.4, -0.2) is 9.13 Å². The van der Waals surface area contributed by atoms with Gasteiger partial charge in [-0.25, -0.2) is 0 Å². The van der Waals surface area contributed by atoms with E-state index in [2.05, 4.69) is 300 Å². The van der Waals surface area contributed by atoms with Gasteiger partial charge in [0.2, 0.25) is 0 Å². The molecule has 15 aromatic rings. The first-order chi connectivity index (χ1) is 39.6. The van der Waals surface area contributed by atoms with Crippen molar-refractivity contribution in [1.82, 2.24) is 9.13 Å². The van der Waals surface area contributed by atoms with E-state index < -0.39 is 0 Å². The molecule has 16 rings (SSSR count). The Balaban J connectivity index is 0.920. The molecule has 0 aliphatic heterocycles. The van der Waals surface area contributed by atoms with Crippen LogP contribution in [-0.2, 0) is 20.5 Å². The number of aromatic nitrogens is 2. The molecule has 0 fully saturated rings. The van der Waals surface area contributed by atoms with E-state index in [0.717, 1.165) is 35.6 Å². The van der Waals surface area contributed by atoms with Gasteiger partial charge in [-0.3, -0.25) is 0 Å². The predicted molar refractivity (Wildman–Crippen MR) is 342 cm³/mol. The highest BCUT2D eigenvalue weighted by Crippen LogP contribution is 2.52. The van der Waals surface area contributed by atoms with E-state index in [1.165, 1.54) is 131 Å². The number of fused-ring (bicyclic) bond motifs is 14. The third-order valence-electron chi connectivity index (χ3n) is 17.3. The summed E-state index contributed by atoms with van der Waals surface area (Å²) in [6.07, 6.45) is 6.71. The lowest BCUT2D eigenvalue weighted by Gasteiger charge is -2.32. The number of benzene rings is 13. The second-order valence-corrected chi connectivity index (χ2v) is 21.5. The van der Waals surface area contributed by atoms with Crippen LogP contribution in [0.3, 0.4) is 0 Å². The molecule has 0 saturated carbocycles. The summed E-state index contributed by atoms with van der Waals surface area (Å²) in [5.74, 6) is 0. The van der Waals surface area contributed by atoms with Gasteiger partial charge in [-0.05, 0) is 128 Å². The first kappa shape index (κ1) is 46.0. The molecule has 1 aliphatic rings. The maximum atomic E-state index is 2.49. The van der Waals surface area contributed by atoms with Gasteiger partial charge < -0.3 is 18.9 Å². The third kappa shape index (κ3) is 6.82. The molecule has 0 amide bonds. The Labute approximate surface area is 464 Å². The van der Waals surface area contributed by atoms with Gasteiger partial charge in [-0.1, -0.05) is 206 Å². The summed E-state index contributed by atoms with van der Waals surface area (Å²) in [7, 11) is 4.57. The van der Waals surface area contributed by atoms with Crippen LogP contribution in [0.25, 0.3) is 115 Å². The van der Waals surface area contributed by atoms with E-state index in [0.29, 0.717) is 0 Å². The van der Waals surface area contributed by atoms with Gasteiger partial charge in [0.25, 0.3) is 0 Å². The van der Waals surface area contributed by atoms with E-state index in [4.69, 9.17) is 0 Å². The number of rotatable bonds is 8. The van der Waals surface area contributed by atoms with Crippen LogP contribution in [0, 0.1) is 0 Å². The van der Waals surface area contributed by atoms with E-state index in [-0.39, 0.29) is 0 Å². The fourth-order valence-corrected chi connectivity index (χ4v) is 13.9. The summed E-state index contributed by atoms with van der Waals surface area (Å²) in [6, 6.07) is 94.0. The van der Waals surface area contributed by atoms with Gasteiger partial charge in [0.15, 0.2) is 0 Å². The van der Waals surface area contributed by atoms with Crippen molar-refractivity contribution in [2.24, 2.45) is 14.1 Å². The lowest BCUT2D eigenvalue weighted by atomic mass is 9.83. The molecule has 0 unspecified atom stereocenters. The largest absolute Gasteiger partial charge is 0.342 e. The molecule has 2 heterocycles.